The lowest BCUT2D eigenvalue weighted by Gasteiger charge is -2.32. The molecule has 1 aliphatic carbocycles. The van der Waals surface area contributed by atoms with Gasteiger partial charge in [-0.1, -0.05) is 0 Å². The molecule has 9 heteroatoms. The Morgan fingerprint density at radius 3 is 1.93 bits per heavy atom. The van der Waals surface area contributed by atoms with Gasteiger partial charge in [0.15, 0.2) is 5.96 Å². The second kappa shape index (κ2) is 12.4. The van der Waals surface area contributed by atoms with Gasteiger partial charge in [0.1, 0.15) is 5.60 Å². The highest BCUT2D eigenvalue weighted by Crippen LogP contribution is 2.19. The average molecular weight is 525 g/mol. The second-order valence-corrected chi connectivity index (χ2v) is 9.01. The maximum atomic E-state index is 12.1. The molecule has 2 amide bonds. The maximum absolute atomic E-state index is 12.1. The number of nitrogens with one attached hydrogen (secondary N) is 4. The highest BCUT2D eigenvalue weighted by atomic mass is 127. The third kappa shape index (κ3) is 10.9. The van der Waals surface area contributed by atoms with Gasteiger partial charge in [-0.05, 0) is 67.2 Å². The van der Waals surface area contributed by atoms with Crippen LogP contribution in [0.4, 0.5) is 4.79 Å². The zero-order chi connectivity index (χ0) is 21.4. The number of amides is 2. The predicted molar refractivity (Wildman–Crippen MR) is 128 cm³/mol. The molecule has 0 aromatic carbocycles. The number of halogens is 1. The predicted octanol–water partition coefficient (Wildman–Crippen LogP) is 2.77. The average Bonchev–Trinajstić information content (AvgIpc) is 2.58. The first kappa shape index (κ1) is 27.7. The normalized spacial score (nSPS) is 20.2. The van der Waals surface area contributed by atoms with E-state index in [1.807, 2.05) is 41.5 Å². The van der Waals surface area contributed by atoms with Crippen LogP contribution in [0.1, 0.15) is 67.2 Å². The van der Waals surface area contributed by atoms with Gasteiger partial charge in [0, 0.05) is 32.2 Å². The number of hydrogen-bond donors (Lipinski definition) is 4. The molecule has 0 spiro atoms. The fraction of sp³-hybridized carbons (Fsp3) is 0.850. The van der Waals surface area contributed by atoms with Crippen LogP contribution in [0, 0.1) is 5.41 Å². The zero-order valence-corrected chi connectivity index (χ0v) is 21.3. The molecule has 4 N–H and O–H groups in total. The van der Waals surface area contributed by atoms with Crippen LogP contribution in [0.25, 0.3) is 0 Å². The standard InChI is InChI=1S/C20H39N5O3.HI/c1-8-22-16(26)20(5,6)13-23-17(21-7)24-14-9-11-15(12-10-14)25-18(27)28-19(2,3)4;/h14-15H,8-13H2,1-7H3,(H,22,26)(H,25,27)(H2,21,23,24);1H. The first-order chi connectivity index (χ1) is 13.0. The van der Waals surface area contributed by atoms with E-state index in [9.17, 15) is 9.59 Å². The van der Waals surface area contributed by atoms with Crippen LogP contribution in [-0.2, 0) is 9.53 Å². The third-order valence-corrected chi connectivity index (χ3v) is 4.66. The van der Waals surface area contributed by atoms with Crippen LogP contribution in [0.3, 0.4) is 0 Å². The number of nitrogens with zero attached hydrogens (tertiary/aromatic N) is 1. The number of ether oxygens (including phenoxy) is 1. The highest BCUT2D eigenvalue weighted by molar-refractivity contribution is 14.0. The number of hydrogen-bond acceptors (Lipinski definition) is 4. The Hall–Kier alpha value is -1.26. The van der Waals surface area contributed by atoms with Crippen LogP contribution in [0.2, 0.25) is 0 Å². The fourth-order valence-electron chi connectivity index (χ4n) is 3.03. The van der Waals surface area contributed by atoms with Gasteiger partial charge in [-0.15, -0.1) is 24.0 Å². The Morgan fingerprint density at radius 1 is 0.966 bits per heavy atom. The minimum absolute atomic E-state index is 0. The molecule has 0 atom stereocenters. The first-order valence-electron chi connectivity index (χ1n) is 10.2. The van der Waals surface area contributed by atoms with Crippen molar-refractivity contribution in [2.45, 2.75) is 84.9 Å². The SMILES string of the molecule is CCNC(=O)C(C)(C)CNC(=NC)NC1CCC(NC(=O)OC(C)(C)C)CC1.I. The monoisotopic (exact) mass is 525 g/mol. The van der Waals surface area contributed by atoms with Crippen LogP contribution >= 0.6 is 24.0 Å². The van der Waals surface area contributed by atoms with Crippen LogP contribution in [-0.4, -0.2) is 55.8 Å². The van der Waals surface area contributed by atoms with Gasteiger partial charge < -0.3 is 26.0 Å². The van der Waals surface area contributed by atoms with E-state index in [1.54, 1.807) is 7.05 Å². The van der Waals surface area contributed by atoms with E-state index in [0.717, 1.165) is 25.7 Å². The topological polar surface area (TPSA) is 104 Å². The number of guanidine groups is 1. The summed E-state index contributed by atoms with van der Waals surface area (Å²) in [6, 6.07) is 0.426. The Balaban J connectivity index is 0.00000784. The largest absolute Gasteiger partial charge is 0.444 e. The molecule has 0 aliphatic heterocycles. The zero-order valence-electron chi connectivity index (χ0n) is 19.0. The van der Waals surface area contributed by atoms with Crippen molar-refractivity contribution in [2.24, 2.45) is 10.4 Å². The molecule has 0 bridgehead atoms. The number of alkyl carbamates (subject to hydrolysis) is 1. The van der Waals surface area contributed by atoms with Gasteiger partial charge in [0.2, 0.25) is 5.91 Å². The molecule has 0 heterocycles. The number of carbonyl (C=O) groups is 2. The van der Waals surface area contributed by atoms with Crippen molar-refractivity contribution in [1.29, 1.82) is 0 Å². The van der Waals surface area contributed by atoms with Crippen molar-refractivity contribution in [3.8, 4) is 0 Å². The highest BCUT2D eigenvalue weighted by Gasteiger charge is 2.28. The molecule has 8 nitrogen and oxygen atoms in total. The minimum atomic E-state index is -0.525. The Bertz CT molecular complexity index is 553. The maximum Gasteiger partial charge on any atom is 0.407 e. The van der Waals surface area contributed by atoms with Crippen molar-refractivity contribution in [3.05, 3.63) is 0 Å². The summed E-state index contributed by atoms with van der Waals surface area (Å²) in [4.78, 5) is 28.3. The van der Waals surface area contributed by atoms with Gasteiger partial charge in [0.05, 0.1) is 5.41 Å². The van der Waals surface area contributed by atoms with Crippen molar-refractivity contribution in [3.63, 3.8) is 0 Å². The summed E-state index contributed by atoms with van der Waals surface area (Å²) in [5.74, 6) is 0.715. The summed E-state index contributed by atoms with van der Waals surface area (Å²) >= 11 is 0. The lowest BCUT2D eigenvalue weighted by Crippen LogP contribution is -2.51. The summed E-state index contributed by atoms with van der Waals surface area (Å²) < 4.78 is 5.32. The molecule has 0 aromatic heterocycles. The van der Waals surface area contributed by atoms with Gasteiger partial charge >= 0.3 is 6.09 Å². The number of carbonyl (C=O) groups excluding carboxylic acids is 2. The van der Waals surface area contributed by atoms with E-state index in [2.05, 4.69) is 26.3 Å². The lowest BCUT2D eigenvalue weighted by molar-refractivity contribution is -0.128. The van der Waals surface area contributed by atoms with E-state index >= 15 is 0 Å². The first-order valence-corrected chi connectivity index (χ1v) is 10.2. The number of aliphatic imine (C=N–C) groups is 1. The fourth-order valence-corrected chi connectivity index (χ4v) is 3.03. The van der Waals surface area contributed by atoms with E-state index in [1.165, 1.54) is 0 Å². The Kier molecular flexibility index (Phi) is 11.9. The Labute approximate surface area is 192 Å². The minimum Gasteiger partial charge on any atom is -0.444 e. The molecule has 0 saturated heterocycles. The second-order valence-electron chi connectivity index (χ2n) is 9.01. The third-order valence-electron chi connectivity index (χ3n) is 4.66. The van der Waals surface area contributed by atoms with Gasteiger partial charge in [-0.25, -0.2) is 4.79 Å². The smallest absolute Gasteiger partial charge is 0.407 e. The summed E-state index contributed by atoms with van der Waals surface area (Å²) in [5.41, 5.74) is -1.01. The summed E-state index contributed by atoms with van der Waals surface area (Å²) in [5, 5.41) is 12.5. The van der Waals surface area contributed by atoms with Crippen LogP contribution < -0.4 is 21.3 Å². The molecule has 0 aromatic rings. The van der Waals surface area contributed by atoms with Crippen molar-refractivity contribution >= 4 is 41.9 Å². The summed E-state index contributed by atoms with van der Waals surface area (Å²) in [7, 11) is 1.73. The number of rotatable bonds is 6. The molecule has 1 aliphatic rings. The molecule has 170 valence electrons. The van der Waals surface area contributed by atoms with E-state index in [4.69, 9.17) is 4.74 Å². The quantitative estimate of drug-likeness (QED) is 0.243. The summed E-state index contributed by atoms with van der Waals surface area (Å²) in [6.45, 7) is 12.4. The molecular weight excluding hydrogens is 485 g/mol. The van der Waals surface area contributed by atoms with Crippen LogP contribution in [0.15, 0.2) is 4.99 Å². The molecule has 0 radical (unpaired) electrons. The van der Waals surface area contributed by atoms with E-state index in [0.29, 0.717) is 19.0 Å². The summed E-state index contributed by atoms with van der Waals surface area (Å²) in [6.07, 6.45) is 3.28. The van der Waals surface area contributed by atoms with Gasteiger partial charge in [0.25, 0.3) is 0 Å². The van der Waals surface area contributed by atoms with Crippen molar-refractivity contribution < 1.29 is 14.3 Å². The molecule has 1 fully saturated rings. The molecule has 0 unspecified atom stereocenters. The van der Waals surface area contributed by atoms with Crippen LogP contribution in [0.5, 0.6) is 0 Å². The van der Waals surface area contributed by atoms with Gasteiger partial charge in [-0.2, -0.15) is 0 Å². The Morgan fingerprint density at radius 2 is 1.48 bits per heavy atom. The van der Waals surface area contributed by atoms with E-state index in [-0.39, 0.29) is 48.1 Å². The lowest BCUT2D eigenvalue weighted by atomic mass is 9.91. The molecule has 1 saturated carbocycles. The van der Waals surface area contributed by atoms with Gasteiger partial charge in [-0.3, -0.25) is 9.79 Å². The molecule has 1 rings (SSSR count). The van der Waals surface area contributed by atoms with Crippen molar-refractivity contribution in [1.82, 2.24) is 21.3 Å². The molecular formula is C20H40IN5O3. The van der Waals surface area contributed by atoms with Crippen molar-refractivity contribution in [2.75, 3.05) is 20.1 Å². The molecule has 29 heavy (non-hydrogen) atoms. The van der Waals surface area contributed by atoms with E-state index < -0.39 is 11.0 Å².